The highest BCUT2D eigenvalue weighted by Crippen LogP contribution is 2.23. The van der Waals surface area contributed by atoms with E-state index in [0.717, 1.165) is 23.7 Å². The minimum atomic E-state index is -0.0263. The lowest BCUT2D eigenvalue weighted by Gasteiger charge is -2.18. The largest absolute Gasteiger partial charge is 0.392 e. The van der Waals surface area contributed by atoms with E-state index in [9.17, 15) is 0 Å². The highest BCUT2D eigenvalue weighted by molar-refractivity contribution is 7.98. The molecule has 15 heavy (non-hydrogen) atoms. The van der Waals surface area contributed by atoms with Crippen molar-refractivity contribution in [3.63, 3.8) is 0 Å². The first-order chi connectivity index (χ1) is 7.19. The number of aliphatic hydroxyl groups excluding tert-OH is 1. The number of anilines is 1. The smallest absolute Gasteiger partial charge is 0.147 e. The van der Waals surface area contributed by atoms with Crippen LogP contribution in [0.3, 0.4) is 0 Å². The first-order valence-electron chi connectivity index (χ1n) is 4.64. The van der Waals surface area contributed by atoms with Crippen LogP contribution in [0.25, 0.3) is 0 Å². The molecule has 1 rings (SSSR count). The average molecular weight is 247 g/mol. The van der Waals surface area contributed by atoms with Gasteiger partial charge in [-0.25, -0.2) is 4.98 Å². The summed E-state index contributed by atoms with van der Waals surface area (Å²) in [7, 11) is 1.96. The van der Waals surface area contributed by atoms with E-state index in [4.69, 9.17) is 16.7 Å². The van der Waals surface area contributed by atoms with E-state index >= 15 is 0 Å². The van der Waals surface area contributed by atoms with Gasteiger partial charge in [-0.15, -0.1) is 0 Å². The summed E-state index contributed by atoms with van der Waals surface area (Å²) in [4.78, 5) is 6.24. The quantitative estimate of drug-likeness (QED) is 0.863. The van der Waals surface area contributed by atoms with Crippen molar-refractivity contribution < 1.29 is 5.11 Å². The molecule has 0 unspecified atom stereocenters. The second-order valence-corrected chi connectivity index (χ2v) is 4.61. The van der Waals surface area contributed by atoms with Crippen LogP contribution in [0.2, 0.25) is 5.02 Å². The molecule has 3 nitrogen and oxygen atoms in total. The number of hydrogen-bond donors (Lipinski definition) is 1. The van der Waals surface area contributed by atoms with Crippen molar-refractivity contribution in [3.8, 4) is 0 Å². The van der Waals surface area contributed by atoms with E-state index in [0.29, 0.717) is 5.02 Å². The molecule has 0 aliphatic carbocycles. The van der Waals surface area contributed by atoms with Crippen molar-refractivity contribution in [3.05, 3.63) is 22.8 Å². The van der Waals surface area contributed by atoms with E-state index in [1.165, 1.54) is 0 Å². The molecular weight excluding hydrogens is 232 g/mol. The number of halogens is 1. The second kappa shape index (κ2) is 6.20. The summed E-state index contributed by atoms with van der Waals surface area (Å²) < 4.78 is 0. The van der Waals surface area contributed by atoms with Crippen LogP contribution in [0.1, 0.15) is 5.56 Å². The molecule has 0 saturated heterocycles. The Bertz CT molecular complexity index is 322. The Kier molecular flexibility index (Phi) is 5.22. The van der Waals surface area contributed by atoms with Gasteiger partial charge in [0, 0.05) is 25.5 Å². The monoisotopic (exact) mass is 246 g/mol. The Balaban J connectivity index is 2.76. The summed E-state index contributed by atoms with van der Waals surface area (Å²) in [6, 6.07) is 1.75. The molecule has 1 heterocycles. The summed E-state index contributed by atoms with van der Waals surface area (Å²) >= 11 is 7.85. The van der Waals surface area contributed by atoms with Gasteiger partial charge in [0.25, 0.3) is 0 Å². The summed E-state index contributed by atoms with van der Waals surface area (Å²) in [5.41, 5.74) is 0.738. The molecule has 5 heteroatoms. The van der Waals surface area contributed by atoms with E-state index in [1.54, 1.807) is 24.0 Å². The molecule has 0 atom stereocenters. The molecule has 0 radical (unpaired) electrons. The first-order valence-corrected chi connectivity index (χ1v) is 6.41. The first kappa shape index (κ1) is 12.6. The van der Waals surface area contributed by atoms with Crippen LogP contribution in [0.15, 0.2) is 12.3 Å². The molecule has 1 aromatic rings. The predicted molar refractivity (Wildman–Crippen MR) is 66.8 cm³/mol. The second-order valence-electron chi connectivity index (χ2n) is 3.22. The topological polar surface area (TPSA) is 36.4 Å². The highest BCUT2D eigenvalue weighted by Gasteiger charge is 2.07. The maximum absolute atomic E-state index is 8.92. The van der Waals surface area contributed by atoms with E-state index in [-0.39, 0.29) is 6.61 Å². The molecule has 1 N–H and O–H groups in total. The van der Waals surface area contributed by atoms with Crippen LogP contribution in [0, 0.1) is 0 Å². The zero-order valence-electron chi connectivity index (χ0n) is 8.90. The fourth-order valence-electron chi connectivity index (χ4n) is 1.17. The van der Waals surface area contributed by atoms with Gasteiger partial charge in [-0.3, -0.25) is 0 Å². The molecule has 0 aliphatic heterocycles. The van der Waals surface area contributed by atoms with Crippen molar-refractivity contribution >= 4 is 29.2 Å². The minimum absolute atomic E-state index is 0.0263. The van der Waals surface area contributed by atoms with Crippen molar-refractivity contribution in [2.75, 3.05) is 30.5 Å². The molecule has 0 spiro atoms. The molecule has 84 valence electrons. The summed E-state index contributed by atoms with van der Waals surface area (Å²) in [6.07, 6.45) is 3.72. The summed E-state index contributed by atoms with van der Waals surface area (Å²) in [6.45, 7) is 0.883. The van der Waals surface area contributed by atoms with Gasteiger partial charge >= 0.3 is 0 Å². The maximum Gasteiger partial charge on any atom is 0.147 e. The molecule has 0 saturated carbocycles. The predicted octanol–water partition coefficient (Wildman–Crippen LogP) is 2.03. The maximum atomic E-state index is 8.92. The Hall–Kier alpha value is -0.450. The van der Waals surface area contributed by atoms with E-state index in [2.05, 4.69) is 11.2 Å². The number of thioether (sulfide) groups is 1. The highest BCUT2D eigenvalue weighted by atomic mass is 35.5. The normalized spacial score (nSPS) is 10.4. The number of pyridine rings is 1. The zero-order valence-corrected chi connectivity index (χ0v) is 10.5. The summed E-state index contributed by atoms with van der Waals surface area (Å²) in [5.74, 6) is 1.80. The van der Waals surface area contributed by atoms with Gasteiger partial charge in [0.2, 0.25) is 0 Å². The van der Waals surface area contributed by atoms with Crippen molar-refractivity contribution in [2.45, 2.75) is 6.61 Å². The lowest BCUT2D eigenvalue weighted by Crippen LogP contribution is -2.21. The van der Waals surface area contributed by atoms with Crippen LogP contribution in [0.5, 0.6) is 0 Å². The number of aromatic nitrogens is 1. The fourth-order valence-corrected chi connectivity index (χ4v) is 1.96. The molecule has 0 fully saturated rings. The summed E-state index contributed by atoms with van der Waals surface area (Å²) in [5, 5.41) is 9.51. The molecule has 0 aliphatic rings. The molecule has 0 amide bonds. The third kappa shape index (κ3) is 3.55. The van der Waals surface area contributed by atoms with Crippen LogP contribution in [-0.4, -0.2) is 35.7 Å². The Morgan fingerprint density at radius 2 is 2.33 bits per heavy atom. The van der Waals surface area contributed by atoms with Gasteiger partial charge in [-0.1, -0.05) is 11.6 Å². The van der Waals surface area contributed by atoms with Crippen LogP contribution < -0.4 is 4.90 Å². The van der Waals surface area contributed by atoms with Gasteiger partial charge in [0.1, 0.15) is 5.82 Å². The number of rotatable bonds is 5. The van der Waals surface area contributed by atoms with E-state index in [1.807, 2.05) is 11.9 Å². The van der Waals surface area contributed by atoms with Gasteiger partial charge in [0.15, 0.2) is 0 Å². The van der Waals surface area contributed by atoms with Gasteiger partial charge in [0.05, 0.1) is 11.6 Å². The molecule has 0 bridgehead atoms. The SMILES string of the molecule is CSCCN(C)c1ncc(CO)cc1Cl. The zero-order chi connectivity index (χ0) is 11.3. The Morgan fingerprint density at radius 1 is 1.60 bits per heavy atom. The average Bonchev–Trinajstić information content (AvgIpc) is 2.25. The minimum Gasteiger partial charge on any atom is -0.392 e. The van der Waals surface area contributed by atoms with Crippen molar-refractivity contribution in [2.24, 2.45) is 0 Å². The third-order valence-electron chi connectivity index (χ3n) is 2.05. The number of nitrogens with zero attached hydrogens (tertiary/aromatic N) is 2. The lowest BCUT2D eigenvalue weighted by molar-refractivity contribution is 0.281. The Morgan fingerprint density at radius 3 is 2.87 bits per heavy atom. The van der Waals surface area contributed by atoms with Crippen LogP contribution in [0.4, 0.5) is 5.82 Å². The molecular formula is C10H15ClN2OS. The standard InChI is InChI=1S/C10H15ClN2OS/c1-13(3-4-15-2)10-9(11)5-8(7-14)6-12-10/h5-6,14H,3-4,7H2,1-2H3. The number of hydrogen-bond acceptors (Lipinski definition) is 4. The molecule has 1 aromatic heterocycles. The van der Waals surface area contributed by atoms with Crippen molar-refractivity contribution in [1.29, 1.82) is 0 Å². The van der Waals surface area contributed by atoms with E-state index < -0.39 is 0 Å². The van der Waals surface area contributed by atoms with Crippen molar-refractivity contribution in [1.82, 2.24) is 4.98 Å². The van der Waals surface area contributed by atoms with Gasteiger partial charge in [-0.2, -0.15) is 11.8 Å². The van der Waals surface area contributed by atoms with Gasteiger partial charge in [-0.05, 0) is 17.9 Å². The lowest BCUT2D eigenvalue weighted by atomic mass is 10.3. The third-order valence-corrected chi connectivity index (χ3v) is 2.92. The molecule has 0 aromatic carbocycles. The van der Waals surface area contributed by atoms with Crippen LogP contribution in [-0.2, 0) is 6.61 Å². The fraction of sp³-hybridized carbons (Fsp3) is 0.500. The Labute approximate surface area is 99.5 Å². The van der Waals surface area contributed by atoms with Gasteiger partial charge < -0.3 is 10.0 Å². The number of aliphatic hydroxyl groups is 1. The van der Waals surface area contributed by atoms with Crippen LogP contribution >= 0.6 is 23.4 Å².